The van der Waals surface area contributed by atoms with Crippen LogP contribution in [0, 0.1) is 0 Å². The molecule has 2 aliphatic rings. The highest BCUT2D eigenvalue weighted by Crippen LogP contribution is 2.43. The number of carbonyl (C=O) groups is 1. The first-order valence-corrected chi connectivity index (χ1v) is 13.4. The first-order chi connectivity index (χ1) is 18.2. The molecule has 0 aromatic heterocycles. The maximum Gasteiger partial charge on any atom is 0.251 e. The van der Waals surface area contributed by atoms with Gasteiger partial charge in [0.25, 0.3) is 5.91 Å². The Morgan fingerprint density at radius 2 is 1.49 bits per heavy atom. The number of carbonyl (C=O) groups excluding carboxylic acids is 1. The van der Waals surface area contributed by atoms with Gasteiger partial charge in [0.15, 0.2) is 0 Å². The fourth-order valence-electron chi connectivity index (χ4n) is 5.76. The van der Waals surface area contributed by atoms with Crippen molar-refractivity contribution in [3.8, 4) is 11.1 Å². The van der Waals surface area contributed by atoms with Crippen molar-refractivity contribution in [3.05, 3.63) is 108 Å². The van der Waals surface area contributed by atoms with E-state index in [-0.39, 0.29) is 5.91 Å². The minimum absolute atomic E-state index is 0.00439. The third kappa shape index (κ3) is 4.65. The largest absolute Gasteiger partial charge is 0.368 e. The Morgan fingerprint density at radius 3 is 2.35 bits per heavy atom. The maximum atomic E-state index is 12.8. The van der Waals surface area contributed by atoms with Crippen molar-refractivity contribution >= 4 is 27.9 Å². The molecule has 1 aliphatic carbocycles. The number of benzene rings is 4. The summed E-state index contributed by atoms with van der Waals surface area (Å²) in [6, 6.07) is 29.5. The molecule has 1 amide bonds. The van der Waals surface area contributed by atoms with E-state index in [0.29, 0.717) is 12.1 Å². The Hall–Kier alpha value is -3.89. The van der Waals surface area contributed by atoms with Gasteiger partial charge in [-0.05, 0) is 70.8 Å². The van der Waals surface area contributed by atoms with Gasteiger partial charge >= 0.3 is 0 Å². The number of nitrogens with one attached hydrogen (secondary N) is 1. The van der Waals surface area contributed by atoms with Gasteiger partial charge in [-0.25, -0.2) is 0 Å². The van der Waals surface area contributed by atoms with E-state index in [9.17, 15) is 4.79 Å². The van der Waals surface area contributed by atoms with Crippen LogP contribution in [0.5, 0.6) is 0 Å². The molecule has 0 atom stereocenters. The topological polar surface area (TPSA) is 35.6 Å². The van der Waals surface area contributed by atoms with E-state index in [1.165, 1.54) is 22.0 Å². The Bertz CT molecular complexity index is 1460. The molecule has 6 rings (SSSR count). The number of hydrogen-bond donors (Lipinski definition) is 1. The molecule has 0 spiro atoms. The number of amides is 1. The zero-order valence-electron chi connectivity index (χ0n) is 21.2. The van der Waals surface area contributed by atoms with Crippen LogP contribution in [0.15, 0.2) is 91.5 Å². The summed E-state index contributed by atoms with van der Waals surface area (Å²) in [7, 11) is 0. The molecule has 1 heterocycles. The van der Waals surface area contributed by atoms with Crippen LogP contribution in [0.1, 0.15) is 34.3 Å². The van der Waals surface area contributed by atoms with Gasteiger partial charge in [0.05, 0.1) is 0 Å². The minimum atomic E-state index is -0.00439. The first kappa shape index (κ1) is 23.5. The molecule has 1 saturated heterocycles. The second kappa shape index (κ2) is 10.2. The van der Waals surface area contributed by atoms with E-state index < -0.39 is 0 Å². The molecular weight excluding hydrogens is 454 g/mol. The molecule has 4 nitrogen and oxygen atoms in total. The third-order valence-corrected chi connectivity index (χ3v) is 7.82. The van der Waals surface area contributed by atoms with Gasteiger partial charge in [-0.3, -0.25) is 9.69 Å². The average Bonchev–Trinajstić information content (AvgIpc) is 3.24. The lowest BCUT2D eigenvalue weighted by molar-refractivity contribution is 0.0952. The van der Waals surface area contributed by atoms with E-state index in [4.69, 9.17) is 0 Å². The zero-order chi connectivity index (χ0) is 25.2. The summed E-state index contributed by atoms with van der Waals surface area (Å²) in [6.45, 7) is 10.3. The predicted molar refractivity (Wildman–Crippen MR) is 154 cm³/mol. The molecule has 4 aromatic carbocycles. The maximum absolute atomic E-state index is 12.8. The molecule has 0 bridgehead atoms. The minimum Gasteiger partial charge on any atom is -0.368 e. The monoisotopic (exact) mass is 487 g/mol. The van der Waals surface area contributed by atoms with Crippen molar-refractivity contribution in [2.75, 3.05) is 44.2 Å². The SMILES string of the molecule is C=C1c2ccccc2-c2ccc(C(=O)NCCCCN3CCN(c4cccc5ccccc45)CC3)cc21. The average molecular weight is 488 g/mol. The smallest absolute Gasteiger partial charge is 0.251 e. The molecular formula is C33H33N3O. The van der Waals surface area contributed by atoms with Crippen LogP contribution in [0.4, 0.5) is 5.69 Å². The van der Waals surface area contributed by atoms with E-state index in [1.54, 1.807) is 0 Å². The molecule has 0 radical (unpaired) electrons. The van der Waals surface area contributed by atoms with Crippen molar-refractivity contribution in [1.82, 2.24) is 10.2 Å². The lowest BCUT2D eigenvalue weighted by Gasteiger charge is -2.36. The Kier molecular flexibility index (Phi) is 6.50. The number of nitrogens with zero attached hydrogens (tertiary/aromatic N) is 2. The quantitative estimate of drug-likeness (QED) is 0.277. The number of hydrogen-bond acceptors (Lipinski definition) is 3. The summed E-state index contributed by atoms with van der Waals surface area (Å²) < 4.78 is 0. The van der Waals surface area contributed by atoms with Crippen LogP contribution in [0.2, 0.25) is 0 Å². The molecule has 1 fully saturated rings. The van der Waals surface area contributed by atoms with Gasteiger partial charge in [0.1, 0.15) is 0 Å². The van der Waals surface area contributed by atoms with Crippen molar-refractivity contribution in [2.45, 2.75) is 12.8 Å². The van der Waals surface area contributed by atoms with Crippen LogP contribution >= 0.6 is 0 Å². The third-order valence-electron chi connectivity index (χ3n) is 7.82. The van der Waals surface area contributed by atoms with Gasteiger partial charge in [-0.1, -0.05) is 73.3 Å². The number of anilines is 1. The number of unbranched alkanes of at least 4 members (excludes halogenated alkanes) is 1. The summed E-state index contributed by atoms with van der Waals surface area (Å²) in [5.74, 6) is -0.00439. The van der Waals surface area contributed by atoms with Crippen molar-refractivity contribution in [2.24, 2.45) is 0 Å². The molecule has 4 heteroatoms. The highest BCUT2D eigenvalue weighted by molar-refractivity contribution is 6.03. The Morgan fingerprint density at radius 1 is 0.757 bits per heavy atom. The van der Waals surface area contributed by atoms with Gasteiger partial charge in [0, 0.05) is 49.4 Å². The van der Waals surface area contributed by atoms with Crippen molar-refractivity contribution < 1.29 is 4.79 Å². The van der Waals surface area contributed by atoms with Gasteiger partial charge in [0.2, 0.25) is 0 Å². The highest BCUT2D eigenvalue weighted by Gasteiger charge is 2.23. The van der Waals surface area contributed by atoms with Crippen LogP contribution in [-0.4, -0.2) is 50.1 Å². The molecule has 186 valence electrons. The lowest BCUT2D eigenvalue weighted by atomic mass is 10.0. The molecule has 1 aliphatic heterocycles. The van der Waals surface area contributed by atoms with E-state index in [2.05, 4.69) is 82.4 Å². The van der Waals surface area contributed by atoms with E-state index in [1.807, 2.05) is 24.3 Å². The molecule has 0 saturated carbocycles. The zero-order valence-corrected chi connectivity index (χ0v) is 21.2. The number of rotatable bonds is 7. The molecule has 0 unspecified atom stereocenters. The van der Waals surface area contributed by atoms with E-state index >= 15 is 0 Å². The van der Waals surface area contributed by atoms with Crippen molar-refractivity contribution in [3.63, 3.8) is 0 Å². The Balaban J connectivity index is 0.953. The first-order valence-electron chi connectivity index (χ1n) is 13.4. The predicted octanol–water partition coefficient (Wildman–Crippen LogP) is 6.21. The van der Waals surface area contributed by atoms with Crippen molar-refractivity contribution in [1.29, 1.82) is 0 Å². The fraction of sp³-hybridized carbons (Fsp3) is 0.242. The standard InChI is InChI=1S/C33H33N3O/c1-24-27-11-4-5-13-29(27)30-16-15-26(23-31(24)30)33(37)34-17-6-7-18-35-19-21-36(22-20-35)32-14-8-10-25-9-2-3-12-28(25)32/h2-5,8-16,23H,1,6-7,17-22H2,(H,34,37). The highest BCUT2D eigenvalue weighted by atomic mass is 16.1. The normalized spacial score (nSPS) is 15.0. The lowest BCUT2D eigenvalue weighted by Crippen LogP contribution is -2.46. The van der Waals surface area contributed by atoms with Gasteiger partial charge < -0.3 is 10.2 Å². The van der Waals surface area contributed by atoms with Gasteiger partial charge in [-0.15, -0.1) is 0 Å². The summed E-state index contributed by atoms with van der Waals surface area (Å²) in [5, 5.41) is 5.76. The van der Waals surface area contributed by atoms with Crippen LogP contribution in [0.25, 0.3) is 27.5 Å². The second-order valence-electron chi connectivity index (χ2n) is 10.1. The van der Waals surface area contributed by atoms with E-state index in [0.717, 1.165) is 67.8 Å². The number of piperazine rings is 1. The number of fused-ring (bicyclic) bond motifs is 4. The summed E-state index contributed by atoms with van der Waals surface area (Å²) in [4.78, 5) is 17.9. The summed E-state index contributed by atoms with van der Waals surface area (Å²) >= 11 is 0. The second-order valence-corrected chi connectivity index (χ2v) is 10.1. The molecule has 1 N–H and O–H groups in total. The summed E-state index contributed by atoms with van der Waals surface area (Å²) in [6.07, 6.45) is 2.07. The Labute approximate surface area is 219 Å². The molecule has 37 heavy (non-hydrogen) atoms. The van der Waals surface area contributed by atoms with Crippen LogP contribution < -0.4 is 10.2 Å². The summed E-state index contributed by atoms with van der Waals surface area (Å²) in [5.41, 5.74) is 7.65. The van der Waals surface area contributed by atoms with Crippen LogP contribution in [0.3, 0.4) is 0 Å². The van der Waals surface area contributed by atoms with Crippen LogP contribution in [-0.2, 0) is 0 Å². The fourth-order valence-corrected chi connectivity index (χ4v) is 5.76. The van der Waals surface area contributed by atoms with Gasteiger partial charge in [-0.2, -0.15) is 0 Å². The molecule has 4 aromatic rings.